The number of aliphatic hydroxyl groups excluding tert-OH is 1. The van der Waals surface area contributed by atoms with Gasteiger partial charge in [0.25, 0.3) is 5.91 Å². The van der Waals surface area contributed by atoms with E-state index in [-0.39, 0.29) is 12.5 Å². The Morgan fingerprint density at radius 1 is 1.17 bits per heavy atom. The van der Waals surface area contributed by atoms with Gasteiger partial charge in [0.05, 0.1) is 38.2 Å². The molecule has 0 saturated heterocycles. The zero-order chi connectivity index (χ0) is 21.5. The SMILES string of the molecule is CCc1c(C(=O)NCC(O)c2cc(OC)ccc2OC)cnn1Cc1ccccc1. The number of nitrogens with one attached hydrogen (secondary N) is 1. The van der Waals surface area contributed by atoms with Crippen molar-refractivity contribution in [1.29, 1.82) is 0 Å². The van der Waals surface area contributed by atoms with E-state index >= 15 is 0 Å². The van der Waals surface area contributed by atoms with Crippen molar-refractivity contribution in [1.82, 2.24) is 15.1 Å². The molecule has 0 aliphatic rings. The first-order valence-electron chi connectivity index (χ1n) is 9.84. The van der Waals surface area contributed by atoms with E-state index in [0.29, 0.717) is 35.6 Å². The fourth-order valence-electron chi connectivity index (χ4n) is 3.36. The Morgan fingerprint density at radius 3 is 2.60 bits per heavy atom. The van der Waals surface area contributed by atoms with Crippen molar-refractivity contribution >= 4 is 5.91 Å². The van der Waals surface area contributed by atoms with Crippen LogP contribution in [-0.2, 0) is 13.0 Å². The lowest BCUT2D eigenvalue weighted by Gasteiger charge is -2.16. The number of aromatic nitrogens is 2. The molecule has 0 radical (unpaired) electrons. The Bertz CT molecular complexity index is 985. The fraction of sp³-hybridized carbons (Fsp3) is 0.304. The van der Waals surface area contributed by atoms with E-state index in [9.17, 15) is 9.90 Å². The summed E-state index contributed by atoms with van der Waals surface area (Å²) in [5, 5.41) is 17.8. The van der Waals surface area contributed by atoms with Crippen LogP contribution in [-0.4, -0.2) is 41.6 Å². The van der Waals surface area contributed by atoms with Crippen LogP contribution in [0.3, 0.4) is 0 Å². The van der Waals surface area contributed by atoms with Crippen molar-refractivity contribution in [3.63, 3.8) is 0 Å². The molecule has 7 nitrogen and oxygen atoms in total. The molecule has 0 aliphatic heterocycles. The van der Waals surface area contributed by atoms with Crippen LogP contribution >= 0.6 is 0 Å². The van der Waals surface area contributed by atoms with E-state index in [2.05, 4.69) is 10.4 Å². The second kappa shape index (κ2) is 9.93. The summed E-state index contributed by atoms with van der Waals surface area (Å²) in [6.45, 7) is 2.63. The second-order valence-corrected chi connectivity index (χ2v) is 6.84. The Kier molecular flexibility index (Phi) is 7.08. The number of ether oxygens (including phenoxy) is 2. The van der Waals surface area contributed by atoms with Crippen molar-refractivity contribution in [2.45, 2.75) is 26.0 Å². The lowest BCUT2D eigenvalue weighted by Crippen LogP contribution is -2.29. The normalized spacial score (nSPS) is 11.7. The number of methoxy groups -OCH3 is 2. The second-order valence-electron chi connectivity index (χ2n) is 6.84. The zero-order valence-corrected chi connectivity index (χ0v) is 17.5. The van der Waals surface area contributed by atoms with Gasteiger partial charge in [-0.2, -0.15) is 5.10 Å². The van der Waals surface area contributed by atoms with E-state index < -0.39 is 6.10 Å². The molecule has 0 fully saturated rings. The van der Waals surface area contributed by atoms with Crippen LogP contribution in [0.15, 0.2) is 54.7 Å². The molecule has 1 heterocycles. The quantitative estimate of drug-likeness (QED) is 0.568. The van der Waals surface area contributed by atoms with Crippen LogP contribution < -0.4 is 14.8 Å². The van der Waals surface area contributed by atoms with Gasteiger partial charge in [-0.25, -0.2) is 0 Å². The highest BCUT2D eigenvalue weighted by Crippen LogP contribution is 2.29. The van der Waals surface area contributed by atoms with Gasteiger partial charge in [-0.1, -0.05) is 37.3 Å². The molecule has 2 N–H and O–H groups in total. The smallest absolute Gasteiger partial charge is 0.254 e. The molecule has 158 valence electrons. The lowest BCUT2D eigenvalue weighted by atomic mass is 10.1. The number of aliphatic hydroxyl groups is 1. The minimum atomic E-state index is -0.941. The molecule has 1 unspecified atom stereocenters. The fourth-order valence-corrected chi connectivity index (χ4v) is 3.36. The number of carbonyl (C=O) groups excluding carboxylic acids is 1. The van der Waals surface area contributed by atoms with Crippen LogP contribution in [0.1, 0.15) is 40.2 Å². The molecule has 2 aromatic carbocycles. The van der Waals surface area contributed by atoms with Crippen LogP contribution in [0.25, 0.3) is 0 Å². The minimum Gasteiger partial charge on any atom is -0.497 e. The summed E-state index contributed by atoms with van der Waals surface area (Å²) < 4.78 is 12.4. The maximum atomic E-state index is 12.8. The molecule has 1 amide bonds. The first-order valence-corrected chi connectivity index (χ1v) is 9.84. The summed E-state index contributed by atoms with van der Waals surface area (Å²) in [4.78, 5) is 12.8. The van der Waals surface area contributed by atoms with E-state index in [0.717, 1.165) is 11.3 Å². The van der Waals surface area contributed by atoms with E-state index in [1.165, 1.54) is 7.11 Å². The molecular weight excluding hydrogens is 382 g/mol. The summed E-state index contributed by atoms with van der Waals surface area (Å²) in [6, 6.07) is 15.2. The van der Waals surface area contributed by atoms with Crippen molar-refractivity contribution in [2.24, 2.45) is 0 Å². The number of hydrogen-bond donors (Lipinski definition) is 2. The van der Waals surface area contributed by atoms with Gasteiger partial charge in [0.2, 0.25) is 0 Å². The Hall–Kier alpha value is -3.32. The van der Waals surface area contributed by atoms with Crippen molar-refractivity contribution in [3.8, 4) is 11.5 Å². The van der Waals surface area contributed by atoms with E-state index in [1.54, 1.807) is 31.5 Å². The maximum absolute atomic E-state index is 12.8. The maximum Gasteiger partial charge on any atom is 0.254 e. The predicted molar refractivity (Wildman–Crippen MR) is 114 cm³/mol. The van der Waals surface area contributed by atoms with Crippen LogP contribution in [0, 0.1) is 0 Å². The highest BCUT2D eigenvalue weighted by Gasteiger charge is 2.19. The van der Waals surface area contributed by atoms with Gasteiger partial charge in [-0.3, -0.25) is 9.48 Å². The third-order valence-electron chi connectivity index (χ3n) is 4.96. The molecule has 0 saturated carbocycles. The van der Waals surface area contributed by atoms with Gasteiger partial charge in [0.1, 0.15) is 17.6 Å². The van der Waals surface area contributed by atoms with Crippen LogP contribution in [0.5, 0.6) is 11.5 Å². The molecule has 0 spiro atoms. The average molecular weight is 409 g/mol. The molecule has 0 bridgehead atoms. The van der Waals surface area contributed by atoms with Gasteiger partial charge in [0, 0.05) is 12.1 Å². The van der Waals surface area contributed by atoms with Gasteiger partial charge in [-0.05, 0) is 30.2 Å². The first-order chi connectivity index (χ1) is 14.6. The summed E-state index contributed by atoms with van der Waals surface area (Å²) in [7, 11) is 3.09. The molecule has 1 atom stereocenters. The summed E-state index contributed by atoms with van der Waals surface area (Å²) >= 11 is 0. The Balaban J connectivity index is 1.71. The molecule has 7 heteroatoms. The molecule has 3 aromatic rings. The summed E-state index contributed by atoms with van der Waals surface area (Å²) in [6.07, 6.45) is 1.31. The number of nitrogens with zero attached hydrogens (tertiary/aromatic N) is 2. The molecule has 30 heavy (non-hydrogen) atoms. The number of carbonyl (C=O) groups is 1. The largest absolute Gasteiger partial charge is 0.497 e. The third kappa shape index (κ3) is 4.80. The predicted octanol–water partition coefficient (Wildman–Crippen LogP) is 2.97. The number of hydrogen-bond acceptors (Lipinski definition) is 5. The zero-order valence-electron chi connectivity index (χ0n) is 17.5. The highest BCUT2D eigenvalue weighted by atomic mass is 16.5. The minimum absolute atomic E-state index is 0.0371. The van der Waals surface area contributed by atoms with Crippen molar-refractivity contribution in [2.75, 3.05) is 20.8 Å². The summed E-state index contributed by atoms with van der Waals surface area (Å²) in [5.41, 5.74) is 3.03. The molecular formula is C23H27N3O4. The van der Waals surface area contributed by atoms with Crippen molar-refractivity contribution < 1.29 is 19.4 Å². The number of rotatable bonds is 9. The van der Waals surface area contributed by atoms with Gasteiger partial charge in [0.15, 0.2) is 0 Å². The standard InChI is InChI=1S/C23H27N3O4/c1-4-20-19(13-25-26(20)15-16-8-6-5-7-9-16)23(28)24-14-21(27)18-12-17(29-2)10-11-22(18)30-3/h5-13,21,27H,4,14-15H2,1-3H3,(H,24,28). The van der Waals surface area contributed by atoms with Gasteiger partial charge < -0.3 is 19.9 Å². The number of benzene rings is 2. The van der Waals surface area contributed by atoms with Crippen LogP contribution in [0.2, 0.25) is 0 Å². The Morgan fingerprint density at radius 2 is 1.93 bits per heavy atom. The monoisotopic (exact) mass is 409 g/mol. The Labute approximate surface area is 176 Å². The van der Waals surface area contributed by atoms with Gasteiger partial charge in [-0.15, -0.1) is 0 Å². The van der Waals surface area contributed by atoms with Crippen molar-refractivity contribution in [3.05, 3.63) is 77.1 Å². The topological polar surface area (TPSA) is 85.6 Å². The molecule has 0 aliphatic carbocycles. The van der Waals surface area contributed by atoms with Crippen LogP contribution in [0.4, 0.5) is 0 Å². The average Bonchev–Trinajstić information content (AvgIpc) is 3.19. The van der Waals surface area contributed by atoms with E-state index in [4.69, 9.17) is 9.47 Å². The highest BCUT2D eigenvalue weighted by molar-refractivity contribution is 5.95. The first kappa shape index (κ1) is 21.4. The van der Waals surface area contributed by atoms with Gasteiger partial charge >= 0.3 is 0 Å². The molecule has 3 rings (SSSR count). The third-order valence-corrected chi connectivity index (χ3v) is 4.96. The molecule has 1 aromatic heterocycles. The van der Waals surface area contributed by atoms with E-state index in [1.807, 2.05) is 41.9 Å². The lowest BCUT2D eigenvalue weighted by molar-refractivity contribution is 0.0913. The summed E-state index contributed by atoms with van der Waals surface area (Å²) in [5.74, 6) is 0.862. The number of amides is 1.